The van der Waals surface area contributed by atoms with Crippen LogP contribution in [0.25, 0.3) is 0 Å². The van der Waals surface area contributed by atoms with Crippen molar-refractivity contribution in [3.8, 4) is 0 Å². The van der Waals surface area contributed by atoms with E-state index in [1.165, 1.54) is 302 Å². The van der Waals surface area contributed by atoms with Gasteiger partial charge in [-0.2, -0.15) is 0 Å². The number of esters is 1. The standard InChI is InChI=1S/C73H137NO5/c1-3-5-7-9-11-13-15-17-19-39-43-47-51-55-59-63-67-73(78)79-68-64-60-56-52-48-44-40-36-34-32-30-28-26-24-22-20-21-23-25-27-29-31-33-35-38-42-46-50-54-58-62-66-72(77)74-70(69-75)71(76)65-61-57-53-49-45-41-37-18-16-14-12-10-8-6-4-2/h13,15,19,22,24,39,61,65,70-71,75-76H,3-12,14,16-18,20-21,23,25-38,40-60,62-64,66-69H2,1-2H3,(H,74,77)/b15-13-,24-22-,39-19-,65-61+. The zero-order valence-electron chi connectivity index (χ0n) is 53.1. The van der Waals surface area contributed by atoms with Crippen LogP contribution in [0.1, 0.15) is 380 Å². The number of carbonyl (C=O) groups is 2. The third-order valence-electron chi connectivity index (χ3n) is 16.3. The molecule has 0 radical (unpaired) electrons. The molecule has 6 nitrogen and oxygen atoms in total. The number of aliphatic hydroxyl groups is 2. The second-order valence-corrected chi connectivity index (χ2v) is 24.2. The van der Waals surface area contributed by atoms with E-state index in [1.54, 1.807) is 6.08 Å². The number of unbranched alkanes of at least 4 members (excludes halogenated alkanes) is 49. The first kappa shape index (κ1) is 76.8. The van der Waals surface area contributed by atoms with Gasteiger partial charge in [-0.25, -0.2) is 0 Å². The molecular formula is C73H137NO5. The quantitative estimate of drug-likeness (QED) is 0.0320. The van der Waals surface area contributed by atoms with E-state index in [-0.39, 0.29) is 18.5 Å². The maximum atomic E-state index is 12.5. The van der Waals surface area contributed by atoms with Crippen LogP contribution in [0.5, 0.6) is 0 Å². The van der Waals surface area contributed by atoms with E-state index in [0.717, 1.165) is 51.4 Å². The number of hydrogen-bond acceptors (Lipinski definition) is 5. The summed E-state index contributed by atoms with van der Waals surface area (Å²) >= 11 is 0. The molecule has 0 spiro atoms. The Morgan fingerprint density at radius 2 is 0.633 bits per heavy atom. The predicted molar refractivity (Wildman–Crippen MR) is 347 cm³/mol. The van der Waals surface area contributed by atoms with Gasteiger partial charge in [-0.1, -0.05) is 326 Å². The number of hydrogen-bond donors (Lipinski definition) is 3. The van der Waals surface area contributed by atoms with Crippen molar-refractivity contribution < 1.29 is 24.5 Å². The molecule has 3 N–H and O–H groups in total. The first-order chi connectivity index (χ1) is 39.0. The normalized spacial score (nSPS) is 12.8. The summed E-state index contributed by atoms with van der Waals surface area (Å²) in [6.07, 6.45) is 89.1. The Labute approximate surface area is 493 Å². The highest BCUT2D eigenvalue weighted by Gasteiger charge is 2.18. The van der Waals surface area contributed by atoms with Gasteiger partial charge in [0.05, 0.1) is 25.4 Å². The molecule has 0 saturated carbocycles. The van der Waals surface area contributed by atoms with E-state index in [4.69, 9.17) is 4.74 Å². The monoisotopic (exact) mass is 1110 g/mol. The van der Waals surface area contributed by atoms with E-state index in [0.29, 0.717) is 19.4 Å². The molecule has 0 bridgehead atoms. The number of amides is 1. The summed E-state index contributed by atoms with van der Waals surface area (Å²) in [7, 11) is 0. The molecule has 464 valence electrons. The van der Waals surface area contributed by atoms with Crippen LogP contribution in [0.4, 0.5) is 0 Å². The minimum atomic E-state index is -0.843. The van der Waals surface area contributed by atoms with Crippen molar-refractivity contribution in [2.24, 2.45) is 0 Å². The fraction of sp³-hybridized carbons (Fsp3) is 0.863. The van der Waals surface area contributed by atoms with Crippen molar-refractivity contribution in [2.45, 2.75) is 392 Å². The summed E-state index contributed by atoms with van der Waals surface area (Å²) in [5.41, 5.74) is 0. The number of allylic oxidation sites excluding steroid dienone is 7. The highest BCUT2D eigenvalue weighted by Crippen LogP contribution is 2.18. The molecule has 0 fully saturated rings. The van der Waals surface area contributed by atoms with Gasteiger partial charge in [-0.05, 0) is 89.9 Å². The highest BCUT2D eigenvalue weighted by atomic mass is 16.5. The molecule has 79 heavy (non-hydrogen) atoms. The smallest absolute Gasteiger partial charge is 0.305 e. The zero-order chi connectivity index (χ0) is 57.1. The second-order valence-electron chi connectivity index (χ2n) is 24.2. The predicted octanol–water partition coefficient (Wildman–Crippen LogP) is 22.9. The molecule has 1 amide bonds. The fourth-order valence-electron chi connectivity index (χ4n) is 10.9. The molecule has 0 aliphatic carbocycles. The minimum absolute atomic E-state index is 0.00395. The van der Waals surface area contributed by atoms with Crippen LogP contribution in [0, 0.1) is 0 Å². The molecular weight excluding hydrogens is 971 g/mol. The zero-order valence-corrected chi connectivity index (χ0v) is 53.1. The first-order valence-electron chi connectivity index (χ1n) is 35.4. The fourth-order valence-corrected chi connectivity index (χ4v) is 10.9. The lowest BCUT2D eigenvalue weighted by atomic mass is 10.0. The maximum absolute atomic E-state index is 12.5. The molecule has 0 aromatic rings. The van der Waals surface area contributed by atoms with Crippen molar-refractivity contribution in [3.63, 3.8) is 0 Å². The summed E-state index contributed by atoms with van der Waals surface area (Å²) in [5, 5.41) is 23.2. The molecule has 0 heterocycles. The molecule has 0 aromatic heterocycles. The van der Waals surface area contributed by atoms with Crippen LogP contribution in [0.3, 0.4) is 0 Å². The van der Waals surface area contributed by atoms with E-state index < -0.39 is 12.1 Å². The van der Waals surface area contributed by atoms with Crippen LogP contribution in [0.15, 0.2) is 48.6 Å². The Balaban J connectivity index is 3.38. The molecule has 2 atom stereocenters. The number of carbonyl (C=O) groups excluding carboxylic acids is 2. The van der Waals surface area contributed by atoms with Gasteiger partial charge in [0.15, 0.2) is 0 Å². The van der Waals surface area contributed by atoms with Gasteiger partial charge in [0.25, 0.3) is 0 Å². The average molecular weight is 1110 g/mol. The second kappa shape index (κ2) is 68.3. The molecule has 6 heteroatoms. The third-order valence-corrected chi connectivity index (χ3v) is 16.3. The van der Waals surface area contributed by atoms with Gasteiger partial charge in [0, 0.05) is 12.8 Å². The van der Waals surface area contributed by atoms with Crippen molar-refractivity contribution in [1.29, 1.82) is 0 Å². The van der Waals surface area contributed by atoms with Crippen LogP contribution in [0.2, 0.25) is 0 Å². The van der Waals surface area contributed by atoms with E-state index in [2.05, 4.69) is 55.6 Å². The molecule has 0 aromatic carbocycles. The summed E-state index contributed by atoms with van der Waals surface area (Å²) < 4.78 is 5.49. The molecule has 2 unspecified atom stereocenters. The number of rotatable bonds is 66. The molecule has 0 aliphatic rings. The van der Waals surface area contributed by atoms with Crippen LogP contribution >= 0.6 is 0 Å². The van der Waals surface area contributed by atoms with Gasteiger partial charge in [0.1, 0.15) is 0 Å². The van der Waals surface area contributed by atoms with Crippen molar-refractivity contribution >= 4 is 11.9 Å². The van der Waals surface area contributed by atoms with Gasteiger partial charge in [-0.3, -0.25) is 9.59 Å². The largest absolute Gasteiger partial charge is 0.466 e. The Morgan fingerprint density at radius 1 is 0.354 bits per heavy atom. The maximum Gasteiger partial charge on any atom is 0.305 e. The van der Waals surface area contributed by atoms with Crippen molar-refractivity contribution in [2.75, 3.05) is 13.2 Å². The van der Waals surface area contributed by atoms with Gasteiger partial charge >= 0.3 is 5.97 Å². The van der Waals surface area contributed by atoms with Crippen LogP contribution < -0.4 is 5.32 Å². The average Bonchev–Trinajstić information content (AvgIpc) is 3.45. The topological polar surface area (TPSA) is 95.9 Å². The summed E-state index contributed by atoms with van der Waals surface area (Å²) in [6.45, 7) is 4.90. The highest BCUT2D eigenvalue weighted by molar-refractivity contribution is 5.76. The summed E-state index contributed by atoms with van der Waals surface area (Å²) in [4.78, 5) is 24.6. The van der Waals surface area contributed by atoms with Gasteiger partial charge in [0.2, 0.25) is 5.91 Å². The van der Waals surface area contributed by atoms with Crippen LogP contribution in [-0.2, 0) is 14.3 Å². The Bertz CT molecular complexity index is 1320. The van der Waals surface area contributed by atoms with Crippen molar-refractivity contribution in [3.05, 3.63) is 48.6 Å². The SMILES string of the molecule is CCCCCC/C=C\C/C=C\CCCCCCCC(=O)OCCCCCCCCCCCCCC/C=C\CCCCCCCCCCCCCCCCCC(=O)NC(CO)C(O)/C=C/CCCCCCCCCCCCCCC. The third kappa shape index (κ3) is 64.8. The summed E-state index contributed by atoms with van der Waals surface area (Å²) in [5.74, 6) is -0.0603. The first-order valence-corrected chi connectivity index (χ1v) is 35.4. The molecule has 0 saturated heterocycles. The van der Waals surface area contributed by atoms with E-state index >= 15 is 0 Å². The van der Waals surface area contributed by atoms with Gasteiger partial charge in [-0.15, -0.1) is 0 Å². The van der Waals surface area contributed by atoms with Gasteiger partial charge < -0.3 is 20.3 Å². The Morgan fingerprint density at radius 3 is 0.987 bits per heavy atom. The molecule has 0 rings (SSSR count). The summed E-state index contributed by atoms with van der Waals surface area (Å²) in [6, 6.07) is -0.627. The number of aliphatic hydroxyl groups excluding tert-OH is 2. The number of ether oxygens (including phenoxy) is 1. The Kier molecular flexibility index (Phi) is 66.4. The lowest BCUT2D eigenvalue weighted by molar-refractivity contribution is -0.143. The van der Waals surface area contributed by atoms with Crippen molar-refractivity contribution in [1.82, 2.24) is 5.32 Å². The Hall–Kier alpha value is -2.18. The van der Waals surface area contributed by atoms with Crippen LogP contribution in [-0.4, -0.2) is 47.4 Å². The van der Waals surface area contributed by atoms with E-state index in [9.17, 15) is 19.8 Å². The van der Waals surface area contributed by atoms with E-state index in [1.807, 2.05) is 6.08 Å². The lowest BCUT2D eigenvalue weighted by Crippen LogP contribution is -2.45. The molecule has 0 aliphatic heterocycles. The number of nitrogens with one attached hydrogen (secondary N) is 1. The lowest BCUT2D eigenvalue weighted by Gasteiger charge is -2.20. The minimum Gasteiger partial charge on any atom is -0.466 e.